The number of benzene rings is 1. The molecule has 2 heterocycles. The molecule has 0 spiro atoms. The van der Waals surface area contributed by atoms with Crippen molar-refractivity contribution in [1.29, 1.82) is 0 Å². The van der Waals surface area contributed by atoms with Crippen molar-refractivity contribution in [1.82, 2.24) is 9.55 Å². The van der Waals surface area contributed by atoms with Gasteiger partial charge >= 0.3 is 5.97 Å². The highest BCUT2D eigenvalue weighted by Gasteiger charge is 2.16. The number of ether oxygens (including phenoxy) is 2. The van der Waals surface area contributed by atoms with E-state index in [1.54, 1.807) is 6.07 Å². The summed E-state index contributed by atoms with van der Waals surface area (Å²) < 4.78 is 12.0. The van der Waals surface area contributed by atoms with Gasteiger partial charge in [0.25, 0.3) is 5.56 Å². The number of rotatable bonds is 4. The molecular weight excluding hydrogens is 296 g/mol. The quantitative estimate of drug-likeness (QED) is 0.805. The van der Waals surface area contributed by atoms with Crippen LogP contribution in [0.3, 0.4) is 0 Å². The van der Waals surface area contributed by atoms with E-state index in [1.165, 1.54) is 10.9 Å². The van der Waals surface area contributed by atoms with Crippen molar-refractivity contribution in [3.63, 3.8) is 0 Å². The number of aryl methyl sites for hydroxylation is 1. The maximum atomic E-state index is 12.4. The Morgan fingerprint density at radius 1 is 1.43 bits per heavy atom. The zero-order valence-electron chi connectivity index (χ0n) is 13.2. The molecule has 0 amide bonds. The number of nitrogens with zero attached hydrogens (tertiary/aromatic N) is 2. The Kier molecular flexibility index (Phi) is 4.71. The van der Waals surface area contributed by atoms with E-state index in [1.807, 2.05) is 19.1 Å². The van der Waals surface area contributed by atoms with Crippen LogP contribution >= 0.6 is 0 Å². The summed E-state index contributed by atoms with van der Waals surface area (Å²) in [5.74, 6) is -0.449. The first-order valence-electron chi connectivity index (χ1n) is 7.87. The van der Waals surface area contributed by atoms with Gasteiger partial charge in [0.1, 0.15) is 13.2 Å². The van der Waals surface area contributed by atoms with Crippen molar-refractivity contribution >= 4 is 16.9 Å². The molecule has 0 saturated carbocycles. The van der Waals surface area contributed by atoms with Gasteiger partial charge < -0.3 is 9.47 Å². The molecule has 6 heteroatoms. The van der Waals surface area contributed by atoms with E-state index in [2.05, 4.69) is 4.98 Å². The normalized spacial score (nSPS) is 18.0. The maximum Gasteiger partial charge on any atom is 0.326 e. The third-order valence-corrected chi connectivity index (χ3v) is 4.06. The number of hydrogen-bond acceptors (Lipinski definition) is 5. The second-order valence-corrected chi connectivity index (χ2v) is 5.82. The molecule has 0 radical (unpaired) electrons. The molecular formula is C17H20N2O4. The largest absolute Gasteiger partial charge is 0.462 e. The van der Waals surface area contributed by atoms with E-state index in [4.69, 9.17) is 9.47 Å². The third-order valence-electron chi connectivity index (χ3n) is 4.06. The van der Waals surface area contributed by atoms with E-state index in [9.17, 15) is 9.59 Å². The standard InChI is InChI=1S/C17H20N2O4/c1-12-5-4-7-14-16(12)18-11-19(17(14)21)9-15(20)23-10-13-6-2-3-8-22-13/h4-5,7,11,13H,2-3,6,8-10H2,1H3. The number of aromatic nitrogens is 2. The lowest BCUT2D eigenvalue weighted by Crippen LogP contribution is -2.29. The van der Waals surface area contributed by atoms with Crippen LogP contribution in [0.1, 0.15) is 24.8 Å². The Morgan fingerprint density at radius 2 is 2.30 bits per heavy atom. The summed E-state index contributed by atoms with van der Waals surface area (Å²) in [7, 11) is 0. The van der Waals surface area contributed by atoms with E-state index >= 15 is 0 Å². The molecule has 2 aromatic rings. The van der Waals surface area contributed by atoms with Gasteiger partial charge in [-0.2, -0.15) is 0 Å². The lowest BCUT2D eigenvalue weighted by Gasteiger charge is -2.22. The molecule has 1 aliphatic rings. The van der Waals surface area contributed by atoms with Gasteiger partial charge in [-0.05, 0) is 37.8 Å². The lowest BCUT2D eigenvalue weighted by atomic mass is 10.1. The zero-order chi connectivity index (χ0) is 16.2. The van der Waals surface area contributed by atoms with Crippen LogP contribution in [0.15, 0.2) is 29.3 Å². The first-order chi connectivity index (χ1) is 11.1. The minimum atomic E-state index is -0.449. The van der Waals surface area contributed by atoms with Gasteiger partial charge in [-0.1, -0.05) is 12.1 Å². The highest BCUT2D eigenvalue weighted by Crippen LogP contribution is 2.13. The summed E-state index contributed by atoms with van der Waals surface area (Å²) in [6, 6.07) is 5.43. The highest BCUT2D eigenvalue weighted by atomic mass is 16.6. The Hall–Kier alpha value is -2.21. The van der Waals surface area contributed by atoms with Crippen LogP contribution < -0.4 is 5.56 Å². The summed E-state index contributed by atoms with van der Waals surface area (Å²) in [6.45, 7) is 2.73. The Morgan fingerprint density at radius 3 is 3.09 bits per heavy atom. The van der Waals surface area contributed by atoms with Gasteiger partial charge in [0.15, 0.2) is 0 Å². The van der Waals surface area contributed by atoms with Crippen LogP contribution in [-0.4, -0.2) is 34.8 Å². The van der Waals surface area contributed by atoms with Crippen LogP contribution in [0, 0.1) is 6.92 Å². The van der Waals surface area contributed by atoms with Crippen molar-refractivity contribution < 1.29 is 14.3 Å². The molecule has 122 valence electrons. The van der Waals surface area contributed by atoms with Crippen LogP contribution in [-0.2, 0) is 20.8 Å². The summed E-state index contributed by atoms with van der Waals surface area (Å²) >= 11 is 0. The van der Waals surface area contributed by atoms with Gasteiger partial charge in [-0.25, -0.2) is 4.98 Å². The average Bonchev–Trinajstić information content (AvgIpc) is 2.57. The van der Waals surface area contributed by atoms with Crippen LogP contribution in [0.25, 0.3) is 10.9 Å². The molecule has 1 unspecified atom stereocenters. The molecule has 1 aromatic heterocycles. The minimum absolute atomic E-state index is 0.0261. The predicted octanol–water partition coefficient (Wildman–Crippen LogP) is 1.82. The topological polar surface area (TPSA) is 70.4 Å². The van der Waals surface area contributed by atoms with E-state index in [0.717, 1.165) is 31.4 Å². The molecule has 1 fully saturated rings. The van der Waals surface area contributed by atoms with Crippen LogP contribution in [0.2, 0.25) is 0 Å². The molecule has 1 saturated heterocycles. The fourth-order valence-electron chi connectivity index (χ4n) is 2.76. The Bertz CT molecular complexity index is 763. The van der Waals surface area contributed by atoms with E-state index < -0.39 is 5.97 Å². The van der Waals surface area contributed by atoms with Crippen LogP contribution in [0.4, 0.5) is 0 Å². The van der Waals surface area contributed by atoms with Gasteiger partial charge in [-0.15, -0.1) is 0 Å². The molecule has 1 aliphatic heterocycles. The highest BCUT2D eigenvalue weighted by molar-refractivity contribution is 5.80. The van der Waals surface area contributed by atoms with Gasteiger partial charge in [0.2, 0.25) is 0 Å². The van der Waals surface area contributed by atoms with Gasteiger partial charge in [-0.3, -0.25) is 14.2 Å². The Balaban J connectivity index is 1.67. The third kappa shape index (κ3) is 3.59. The average molecular weight is 316 g/mol. The summed E-state index contributed by atoms with van der Waals surface area (Å²) in [5, 5.41) is 0.510. The Labute approximate surface area is 134 Å². The fourth-order valence-corrected chi connectivity index (χ4v) is 2.76. The van der Waals surface area contributed by atoms with E-state index in [0.29, 0.717) is 10.9 Å². The summed E-state index contributed by atoms with van der Waals surface area (Å²) in [4.78, 5) is 28.6. The summed E-state index contributed by atoms with van der Waals surface area (Å²) in [6.07, 6.45) is 4.43. The molecule has 0 aliphatic carbocycles. The van der Waals surface area contributed by atoms with Crippen molar-refractivity contribution in [3.05, 3.63) is 40.4 Å². The molecule has 1 atom stereocenters. The van der Waals surface area contributed by atoms with Crippen LogP contribution in [0.5, 0.6) is 0 Å². The first-order valence-corrected chi connectivity index (χ1v) is 7.87. The molecule has 3 rings (SSSR count). The molecule has 0 N–H and O–H groups in total. The monoisotopic (exact) mass is 316 g/mol. The number of fused-ring (bicyclic) bond motifs is 1. The SMILES string of the molecule is Cc1cccc2c(=O)n(CC(=O)OCC3CCCCO3)cnc12. The van der Waals surface area contributed by atoms with E-state index in [-0.39, 0.29) is 24.8 Å². The molecule has 1 aromatic carbocycles. The fraction of sp³-hybridized carbons (Fsp3) is 0.471. The molecule has 6 nitrogen and oxygen atoms in total. The van der Waals surface area contributed by atoms with Crippen molar-refractivity contribution in [2.75, 3.05) is 13.2 Å². The smallest absolute Gasteiger partial charge is 0.326 e. The minimum Gasteiger partial charge on any atom is -0.462 e. The molecule has 23 heavy (non-hydrogen) atoms. The first kappa shape index (κ1) is 15.7. The zero-order valence-corrected chi connectivity index (χ0v) is 13.2. The second kappa shape index (κ2) is 6.91. The number of hydrogen-bond donors (Lipinski definition) is 0. The number of carbonyl (C=O) groups excluding carboxylic acids is 1. The molecule has 0 bridgehead atoms. The maximum absolute atomic E-state index is 12.4. The van der Waals surface area contributed by atoms with Crippen molar-refractivity contribution in [2.24, 2.45) is 0 Å². The predicted molar refractivity (Wildman–Crippen MR) is 85.3 cm³/mol. The second-order valence-electron chi connectivity index (χ2n) is 5.82. The van der Waals surface area contributed by atoms with Gasteiger partial charge in [0.05, 0.1) is 23.3 Å². The van der Waals surface area contributed by atoms with Crippen molar-refractivity contribution in [3.8, 4) is 0 Å². The summed E-state index contributed by atoms with van der Waals surface area (Å²) in [5.41, 5.74) is 1.37. The number of esters is 1. The lowest BCUT2D eigenvalue weighted by molar-refractivity contribution is -0.149. The number of carbonyl (C=O) groups is 1. The van der Waals surface area contributed by atoms with Gasteiger partial charge in [0, 0.05) is 6.61 Å². The number of para-hydroxylation sites is 1. The van der Waals surface area contributed by atoms with Crippen molar-refractivity contribution in [2.45, 2.75) is 38.8 Å².